The maximum absolute atomic E-state index is 12.1. The Morgan fingerprint density at radius 3 is 2.67 bits per heavy atom. The van der Waals surface area contributed by atoms with Gasteiger partial charge in [-0.15, -0.1) is 0 Å². The van der Waals surface area contributed by atoms with Crippen molar-refractivity contribution in [3.8, 4) is 0 Å². The molecule has 2 heterocycles. The number of nitrogens with one attached hydrogen (secondary N) is 2. The fraction of sp³-hybridized carbons (Fsp3) is 1.00. The maximum Gasteiger partial charge on any atom is 0.214 e. The zero-order chi connectivity index (χ0) is 13.0. The van der Waals surface area contributed by atoms with Gasteiger partial charge in [0.25, 0.3) is 0 Å². The molecule has 0 aromatic rings. The van der Waals surface area contributed by atoms with Gasteiger partial charge in [0.15, 0.2) is 0 Å². The summed E-state index contributed by atoms with van der Waals surface area (Å²) in [5.74, 6) is 0.538. The second kappa shape index (κ2) is 6.32. The van der Waals surface area contributed by atoms with E-state index in [1.54, 1.807) is 0 Å². The number of piperidine rings is 1. The first kappa shape index (κ1) is 14.2. The van der Waals surface area contributed by atoms with Crippen molar-refractivity contribution < 1.29 is 13.2 Å². The van der Waals surface area contributed by atoms with Crippen LogP contribution in [0, 0.1) is 5.92 Å². The fourth-order valence-corrected chi connectivity index (χ4v) is 4.16. The van der Waals surface area contributed by atoms with E-state index in [0.29, 0.717) is 38.5 Å². The van der Waals surface area contributed by atoms with Crippen molar-refractivity contribution in [1.82, 2.24) is 10.0 Å². The minimum absolute atomic E-state index is 0.272. The van der Waals surface area contributed by atoms with Crippen LogP contribution in [0.4, 0.5) is 0 Å². The van der Waals surface area contributed by atoms with E-state index in [-0.39, 0.29) is 11.3 Å². The van der Waals surface area contributed by atoms with Gasteiger partial charge in [-0.2, -0.15) is 0 Å². The predicted octanol–water partition coefficient (Wildman–Crippen LogP) is 0.473. The van der Waals surface area contributed by atoms with Crippen LogP contribution in [0.2, 0.25) is 0 Å². The quantitative estimate of drug-likeness (QED) is 0.783. The molecule has 2 saturated heterocycles. The summed E-state index contributed by atoms with van der Waals surface area (Å²) < 4.78 is 32.3. The molecule has 0 spiro atoms. The summed E-state index contributed by atoms with van der Waals surface area (Å²) in [6.07, 6.45) is 3.59. The normalized spacial score (nSPS) is 31.4. The van der Waals surface area contributed by atoms with Crippen LogP contribution < -0.4 is 10.0 Å². The predicted molar refractivity (Wildman–Crippen MR) is 71.0 cm³/mol. The average molecular weight is 276 g/mol. The summed E-state index contributed by atoms with van der Waals surface area (Å²) in [4.78, 5) is 0. The van der Waals surface area contributed by atoms with E-state index >= 15 is 0 Å². The first-order chi connectivity index (χ1) is 8.59. The van der Waals surface area contributed by atoms with E-state index < -0.39 is 10.0 Å². The Morgan fingerprint density at radius 1 is 1.28 bits per heavy atom. The summed E-state index contributed by atoms with van der Waals surface area (Å²) in [6, 6.07) is 0.272. The SMILES string of the molecule is CC1CCCNC1CNS(=O)(=O)C1CCOCC1. The highest BCUT2D eigenvalue weighted by Gasteiger charge is 2.29. The average Bonchev–Trinajstić information content (AvgIpc) is 2.39. The molecule has 2 unspecified atom stereocenters. The van der Waals surface area contributed by atoms with Crippen LogP contribution in [-0.2, 0) is 14.8 Å². The molecule has 2 aliphatic rings. The van der Waals surface area contributed by atoms with E-state index in [4.69, 9.17) is 4.74 Å². The molecule has 0 amide bonds. The van der Waals surface area contributed by atoms with Crippen LogP contribution in [0.3, 0.4) is 0 Å². The minimum atomic E-state index is -3.18. The first-order valence-electron chi connectivity index (χ1n) is 6.89. The Morgan fingerprint density at radius 2 is 2.00 bits per heavy atom. The fourth-order valence-electron chi connectivity index (χ4n) is 2.70. The Bertz CT molecular complexity index is 352. The third-order valence-electron chi connectivity index (χ3n) is 4.04. The topological polar surface area (TPSA) is 67.4 Å². The second-order valence-electron chi connectivity index (χ2n) is 5.39. The second-order valence-corrected chi connectivity index (χ2v) is 7.43. The first-order valence-corrected chi connectivity index (χ1v) is 8.44. The number of hydrogen-bond donors (Lipinski definition) is 2. The Hall–Kier alpha value is -0.170. The molecule has 0 radical (unpaired) electrons. The summed E-state index contributed by atoms with van der Waals surface area (Å²) >= 11 is 0. The van der Waals surface area contributed by atoms with Gasteiger partial charge < -0.3 is 10.1 Å². The minimum Gasteiger partial charge on any atom is -0.381 e. The standard InChI is InChI=1S/C12H24N2O3S/c1-10-3-2-6-13-12(10)9-14-18(15,16)11-4-7-17-8-5-11/h10-14H,2-9H2,1H3. The molecule has 18 heavy (non-hydrogen) atoms. The van der Waals surface area contributed by atoms with Crippen LogP contribution in [0.5, 0.6) is 0 Å². The van der Waals surface area contributed by atoms with Crippen molar-refractivity contribution >= 4 is 10.0 Å². The highest BCUT2D eigenvalue weighted by atomic mass is 32.2. The summed E-state index contributed by atoms with van der Waals surface area (Å²) in [5.41, 5.74) is 0. The summed E-state index contributed by atoms with van der Waals surface area (Å²) in [5, 5.41) is 3.12. The smallest absolute Gasteiger partial charge is 0.214 e. The van der Waals surface area contributed by atoms with Gasteiger partial charge in [-0.05, 0) is 38.1 Å². The molecule has 106 valence electrons. The van der Waals surface area contributed by atoms with Crippen LogP contribution in [0.15, 0.2) is 0 Å². The molecular formula is C12H24N2O3S. The zero-order valence-corrected chi connectivity index (χ0v) is 11.8. The number of ether oxygens (including phenoxy) is 1. The summed E-state index contributed by atoms with van der Waals surface area (Å²) in [7, 11) is -3.18. The van der Waals surface area contributed by atoms with Gasteiger partial charge in [0.05, 0.1) is 5.25 Å². The van der Waals surface area contributed by atoms with Crippen molar-refractivity contribution in [2.24, 2.45) is 5.92 Å². The van der Waals surface area contributed by atoms with Crippen molar-refractivity contribution in [1.29, 1.82) is 0 Å². The number of hydrogen-bond acceptors (Lipinski definition) is 4. The maximum atomic E-state index is 12.1. The van der Waals surface area contributed by atoms with E-state index in [1.807, 2.05) is 0 Å². The Kier molecular flexibility index (Phi) is 5.00. The van der Waals surface area contributed by atoms with Crippen molar-refractivity contribution in [3.05, 3.63) is 0 Å². The van der Waals surface area contributed by atoms with Gasteiger partial charge in [0.1, 0.15) is 0 Å². The van der Waals surface area contributed by atoms with E-state index in [1.165, 1.54) is 12.8 Å². The molecule has 0 saturated carbocycles. The molecule has 2 N–H and O–H groups in total. The Balaban J connectivity index is 1.84. The molecule has 0 aliphatic carbocycles. The van der Waals surface area contributed by atoms with Crippen molar-refractivity contribution in [2.45, 2.75) is 43.9 Å². The number of sulfonamides is 1. The van der Waals surface area contributed by atoms with Crippen LogP contribution >= 0.6 is 0 Å². The van der Waals surface area contributed by atoms with Crippen molar-refractivity contribution in [3.63, 3.8) is 0 Å². The molecule has 5 nitrogen and oxygen atoms in total. The van der Waals surface area contributed by atoms with Crippen LogP contribution in [0.1, 0.15) is 32.6 Å². The number of rotatable bonds is 4. The molecule has 2 atom stereocenters. The van der Waals surface area contributed by atoms with Gasteiger partial charge >= 0.3 is 0 Å². The highest BCUT2D eigenvalue weighted by Crippen LogP contribution is 2.17. The molecule has 0 aromatic carbocycles. The monoisotopic (exact) mass is 276 g/mol. The van der Waals surface area contributed by atoms with Gasteiger partial charge in [-0.25, -0.2) is 13.1 Å². The van der Waals surface area contributed by atoms with Gasteiger partial charge in [0, 0.05) is 25.8 Å². The largest absolute Gasteiger partial charge is 0.381 e. The molecule has 2 fully saturated rings. The third kappa shape index (κ3) is 3.66. The molecule has 2 rings (SSSR count). The highest BCUT2D eigenvalue weighted by molar-refractivity contribution is 7.90. The van der Waals surface area contributed by atoms with Crippen molar-refractivity contribution in [2.75, 3.05) is 26.3 Å². The van der Waals surface area contributed by atoms with Crippen LogP contribution in [-0.4, -0.2) is 46.0 Å². The van der Waals surface area contributed by atoms with E-state index in [0.717, 1.165) is 6.54 Å². The van der Waals surface area contributed by atoms with E-state index in [2.05, 4.69) is 17.0 Å². The Labute approximate surface area is 110 Å². The lowest BCUT2D eigenvalue weighted by Crippen LogP contribution is -2.49. The van der Waals surface area contributed by atoms with Gasteiger partial charge in [0.2, 0.25) is 10.0 Å². The molecule has 0 bridgehead atoms. The lowest BCUT2D eigenvalue weighted by atomic mass is 9.93. The van der Waals surface area contributed by atoms with Gasteiger partial charge in [-0.3, -0.25) is 0 Å². The zero-order valence-electron chi connectivity index (χ0n) is 11.0. The lowest BCUT2D eigenvalue weighted by Gasteiger charge is -2.31. The lowest BCUT2D eigenvalue weighted by molar-refractivity contribution is 0.0981. The third-order valence-corrected chi connectivity index (χ3v) is 5.96. The molecule has 0 aromatic heterocycles. The van der Waals surface area contributed by atoms with E-state index in [9.17, 15) is 8.42 Å². The summed E-state index contributed by atoms with van der Waals surface area (Å²) in [6.45, 7) is 4.81. The van der Waals surface area contributed by atoms with Gasteiger partial charge in [-0.1, -0.05) is 6.92 Å². The molecular weight excluding hydrogens is 252 g/mol. The molecule has 6 heteroatoms. The van der Waals surface area contributed by atoms with Crippen LogP contribution in [0.25, 0.3) is 0 Å². The molecule has 2 aliphatic heterocycles.